The highest BCUT2D eigenvalue weighted by Crippen LogP contribution is 2.09. The first-order chi connectivity index (χ1) is 11.0. The first-order valence-corrected chi connectivity index (χ1v) is 7.12. The van der Waals surface area contributed by atoms with Gasteiger partial charge in [0.25, 0.3) is 0 Å². The maximum Gasteiger partial charge on any atom is 0.238 e. The molecular weight excluding hydrogens is 297 g/mol. The molecule has 2 N–H and O–H groups in total. The summed E-state index contributed by atoms with van der Waals surface area (Å²) in [5.41, 5.74) is 1.09. The lowest BCUT2D eigenvalue weighted by atomic mass is 10.3. The third kappa shape index (κ3) is 5.88. The Labute approximate surface area is 134 Å². The minimum Gasteiger partial charge on any atom is -0.325 e. The molecule has 0 aliphatic rings. The van der Waals surface area contributed by atoms with E-state index in [1.165, 1.54) is 18.2 Å². The van der Waals surface area contributed by atoms with Crippen molar-refractivity contribution in [1.82, 2.24) is 4.90 Å². The van der Waals surface area contributed by atoms with E-state index in [0.29, 0.717) is 11.4 Å². The number of carbonyl (C=O) groups is 2. The van der Waals surface area contributed by atoms with Crippen molar-refractivity contribution in [1.29, 1.82) is 0 Å². The number of nitrogens with one attached hydrogen (secondary N) is 2. The van der Waals surface area contributed by atoms with Crippen LogP contribution in [0.5, 0.6) is 0 Å². The summed E-state index contributed by atoms with van der Waals surface area (Å²) in [5.74, 6) is -0.943. The minimum atomic E-state index is -0.418. The van der Waals surface area contributed by atoms with Crippen LogP contribution in [-0.4, -0.2) is 36.9 Å². The predicted molar refractivity (Wildman–Crippen MR) is 87.6 cm³/mol. The fourth-order valence-corrected chi connectivity index (χ4v) is 2.03. The van der Waals surface area contributed by atoms with Gasteiger partial charge in [-0.15, -0.1) is 0 Å². The van der Waals surface area contributed by atoms with E-state index in [1.807, 2.05) is 18.2 Å². The second-order valence-electron chi connectivity index (χ2n) is 5.15. The van der Waals surface area contributed by atoms with Crippen LogP contribution in [0.2, 0.25) is 0 Å². The van der Waals surface area contributed by atoms with Gasteiger partial charge in [0.1, 0.15) is 5.82 Å². The summed E-state index contributed by atoms with van der Waals surface area (Å²) in [6.07, 6.45) is 0. The van der Waals surface area contributed by atoms with Gasteiger partial charge in [0.2, 0.25) is 11.8 Å². The Kier molecular flexibility index (Phi) is 5.82. The highest BCUT2D eigenvalue weighted by Gasteiger charge is 2.11. The molecule has 0 aromatic heterocycles. The van der Waals surface area contributed by atoms with Crippen molar-refractivity contribution < 1.29 is 14.0 Å². The molecule has 0 aliphatic carbocycles. The Hall–Kier alpha value is -2.73. The number of amides is 2. The molecule has 120 valence electrons. The quantitative estimate of drug-likeness (QED) is 0.860. The molecule has 0 unspecified atom stereocenters. The molecule has 0 bridgehead atoms. The van der Waals surface area contributed by atoms with Crippen molar-refractivity contribution in [2.75, 3.05) is 30.8 Å². The number of rotatable bonds is 6. The molecule has 0 aliphatic heterocycles. The van der Waals surface area contributed by atoms with Gasteiger partial charge < -0.3 is 10.6 Å². The number of carbonyl (C=O) groups excluding carboxylic acids is 2. The van der Waals surface area contributed by atoms with Crippen LogP contribution < -0.4 is 10.6 Å². The third-order valence-electron chi connectivity index (χ3n) is 2.99. The lowest BCUT2D eigenvalue weighted by Crippen LogP contribution is -2.36. The van der Waals surface area contributed by atoms with E-state index in [1.54, 1.807) is 30.1 Å². The first-order valence-electron chi connectivity index (χ1n) is 7.12. The Morgan fingerprint density at radius 3 is 2.09 bits per heavy atom. The zero-order valence-electron chi connectivity index (χ0n) is 12.8. The molecule has 0 radical (unpaired) electrons. The van der Waals surface area contributed by atoms with E-state index in [2.05, 4.69) is 10.6 Å². The molecule has 23 heavy (non-hydrogen) atoms. The number of anilines is 2. The molecule has 5 nitrogen and oxygen atoms in total. The van der Waals surface area contributed by atoms with Crippen molar-refractivity contribution in [3.63, 3.8) is 0 Å². The Morgan fingerprint density at radius 1 is 0.913 bits per heavy atom. The van der Waals surface area contributed by atoms with E-state index in [4.69, 9.17) is 0 Å². The molecule has 0 saturated carbocycles. The van der Waals surface area contributed by atoms with Gasteiger partial charge in [-0.25, -0.2) is 4.39 Å². The fourth-order valence-electron chi connectivity index (χ4n) is 2.03. The molecule has 2 amide bonds. The SMILES string of the molecule is CN(CC(=O)Nc1ccccc1)CC(=O)Nc1cccc(F)c1. The summed E-state index contributed by atoms with van der Waals surface area (Å²) in [6, 6.07) is 14.7. The first kappa shape index (κ1) is 16.6. The molecule has 2 rings (SSSR count). The van der Waals surface area contributed by atoms with Crippen molar-refractivity contribution in [2.24, 2.45) is 0 Å². The van der Waals surface area contributed by atoms with Crippen LogP contribution >= 0.6 is 0 Å². The number of para-hydroxylation sites is 1. The molecule has 0 spiro atoms. The van der Waals surface area contributed by atoms with Gasteiger partial charge in [-0.1, -0.05) is 24.3 Å². The van der Waals surface area contributed by atoms with Crippen molar-refractivity contribution in [3.8, 4) is 0 Å². The number of likely N-dealkylation sites (N-methyl/N-ethyl adjacent to an activating group) is 1. The Bertz CT molecular complexity index is 677. The van der Waals surface area contributed by atoms with Gasteiger partial charge in [-0.2, -0.15) is 0 Å². The van der Waals surface area contributed by atoms with Gasteiger partial charge in [0, 0.05) is 11.4 Å². The number of halogens is 1. The van der Waals surface area contributed by atoms with Crippen molar-refractivity contribution in [3.05, 3.63) is 60.4 Å². The summed E-state index contributed by atoms with van der Waals surface area (Å²) in [5, 5.41) is 5.33. The summed E-state index contributed by atoms with van der Waals surface area (Å²) in [4.78, 5) is 25.3. The van der Waals surface area contributed by atoms with Crippen LogP contribution in [0.25, 0.3) is 0 Å². The Balaban J connectivity index is 1.78. The third-order valence-corrected chi connectivity index (χ3v) is 2.99. The number of benzene rings is 2. The van der Waals surface area contributed by atoms with Crippen LogP contribution in [0.3, 0.4) is 0 Å². The molecule has 0 heterocycles. The van der Waals surface area contributed by atoms with Crippen LogP contribution in [0, 0.1) is 5.82 Å². The summed E-state index contributed by atoms with van der Waals surface area (Å²) in [6.45, 7) is 0.101. The van der Waals surface area contributed by atoms with E-state index in [9.17, 15) is 14.0 Å². The average molecular weight is 315 g/mol. The maximum absolute atomic E-state index is 13.0. The monoisotopic (exact) mass is 315 g/mol. The highest BCUT2D eigenvalue weighted by atomic mass is 19.1. The summed E-state index contributed by atoms with van der Waals surface area (Å²) >= 11 is 0. The fraction of sp³-hybridized carbons (Fsp3) is 0.176. The van der Waals surface area contributed by atoms with Gasteiger partial charge >= 0.3 is 0 Å². The van der Waals surface area contributed by atoms with E-state index >= 15 is 0 Å². The van der Waals surface area contributed by atoms with Gasteiger partial charge in [-0.05, 0) is 37.4 Å². The molecule has 0 saturated heterocycles. The van der Waals surface area contributed by atoms with Gasteiger partial charge in [0.05, 0.1) is 13.1 Å². The van der Waals surface area contributed by atoms with Crippen LogP contribution in [0.1, 0.15) is 0 Å². The molecule has 2 aromatic rings. The van der Waals surface area contributed by atoms with Crippen LogP contribution in [0.15, 0.2) is 54.6 Å². The second-order valence-corrected chi connectivity index (χ2v) is 5.15. The summed E-state index contributed by atoms with van der Waals surface area (Å²) in [7, 11) is 1.66. The second kappa shape index (κ2) is 8.05. The lowest BCUT2D eigenvalue weighted by molar-refractivity contribution is -0.119. The summed E-state index contributed by atoms with van der Waals surface area (Å²) < 4.78 is 13.0. The minimum absolute atomic E-state index is 0.0265. The molecule has 0 fully saturated rings. The predicted octanol–water partition coefficient (Wildman–Crippen LogP) is 2.33. The molecule has 6 heteroatoms. The molecule has 2 aromatic carbocycles. The lowest BCUT2D eigenvalue weighted by Gasteiger charge is -2.16. The number of nitrogens with zero attached hydrogens (tertiary/aromatic N) is 1. The largest absolute Gasteiger partial charge is 0.325 e. The maximum atomic E-state index is 13.0. The Morgan fingerprint density at radius 2 is 1.48 bits per heavy atom. The number of hydrogen-bond donors (Lipinski definition) is 2. The van der Waals surface area contributed by atoms with Gasteiger partial charge in [0.15, 0.2) is 0 Å². The van der Waals surface area contributed by atoms with Crippen molar-refractivity contribution >= 4 is 23.2 Å². The van der Waals surface area contributed by atoms with E-state index < -0.39 is 5.82 Å². The zero-order valence-corrected chi connectivity index (χ0v) is 12.8. The smallest absolute Gasteiger partial charge is 0.238 e. The topological polar surface area (TPSA) is 61.4 Å². The standard InChI is InChI=1S/C17H18FN3O2/c1-21(11-16(22)19-14-7-3-2-4-8-14)12-17(23)20-15-9-5-6-13(18)10-15/h2-10H,11-12H2,1H3,(H,19,22)(H,20,23). The van der Waals surface area contributed by atoms with E-state index in [-0.39, 0.29) is 24.9 Å². The number of hydrogen-bond acceptors (Lipinski definition) is 3. The average Bonchev–Trinajstić information content (AvgIpc) is 2.47. The normalized spacial score (nSPS) is 10.4. The van der Waals surface area contributed by atoms with Crippen molar-refractivity contribution in [2.45, 2.75) is 0 Å². The van der Waals surface area contributed by atoms with E-state index in [0.717, 1.165) is 0 Å². The van der Waals surface area contributed by atoms with Crippen LogP contribution in [0.4, 0.5) is 15.8 Å². The van der Waals surface area contributed by atoms with Crippen LogP contribution in [-0.2, 0) is 9.59 Å². The highest BCUT2D eigenvalue weighted by molar-refractivity contribution is 5.94. The molecular formula is C17H18FN3O2. The zero-order chi connectivity index (χ0) is 16.7. The molecule has 0 atom stereocenters. The van der Waals surface area contributed by atoms with Gasteiger partial charge in [-0.3, -0.25) is 14.5 Å².